The standard InChI is InChI=1S/C14H16N6/c1-20-11(5-7-19-20)4-6-16-14-12-3-2-10(15)8-13(12)17-9-18-14/h2-3,5,7-9H,4,6,15H2,1H3,(H,16,17,18). The van der Waals surface area contributed by atoms with Gasteiger partial charge in [-0.25, -0.2) is 9.97 Å². The minimum Gasteiger partial charge on any atom is -0.399 e. The first kappa shape index (κ1) is 12.4. The summed E-state index contributed by atoms with van der Waals surface area (Å²) in [6.07, 6.45) is 4.24. The predicted molar refractivity (Wildman–Crippen MR) is 79.4 cm³/mol. The van der Waals surface area contributed by atoms with E-state index in [1.165, 1.54) is 5.69 Å². The molecular formula is C14H16N6. The number of hydrogen-bond donors (Lipinski definition) is 2. The van der Waals surface area contributed by atoms with Crippen LogP contribution in [0.3, 0.4) is 0 Å². The van der Waals surface area contributed by atoms with E-state index in [9.17, 15) is 0 Å². The van der Waals surface area contributed by atoms with Crippen molar-refractivity contribution in [2.24, 2.45) is 7.05 Å². The van der Waals surface area contributed by atoms with E-state index in [2.05, 4.69) is 20.4 Å². The van der Waals surface area contributed by atoms with Crippen molar-refractivity contribution in [2.45, 2.75) is 6.42 Å². The lowest BCUT2D eigenvalue weighted by Gasteiger charge is -2.08. The lowest BCUT2D eigenvalue weighted by molar-refractivity contribution is 0.711. The Bertz CT molecular complexity index is 733. The molecule has 0 amide bonds. The lowest BCUT2D eigenvalue weighted by atomic mass is 10.2. The zero-order valence-corrected chi connectivity index (χ0v) is 11.2. The lowest BCUT2D eigenvalue weighted by Crippen LogP contribution is -2.09. The summed E-state index contributed by atoms with van der Waals surface area (Å²) in [6, 6.07) is 7.67. The molecule has 0 fully saturated rings. The molecular weight excluding hydrogens is 252 g/mol. The first-order chi connectivity index (χ1) is 9.74. The highest BCUT2D eigenvalue weighted by molar-refractivity contribution is 5.90. The molecule has 0 aliphatic rings. The van der Waals surface area contributed by atoms with Crippen LogP contribution in [0.2, 0.25) is 0 Å². The number of aromatic nitrogens is 4. The van der Waals surface area contributed by atoms with E-state index in [0.29, 0.717) is 5.69 Å². The number of hydrogen-bond acceptors (Lipinski definition) is 5. The molecule has 6 nitrogen and oxygen atoms in total. The van der Waals surface area contributed by atoms with Gasteiger partial charge in [-0.3, -0.25) is 4.68 Å². The molecule has 0 saturated heterocycles. The minimum atomic E-state index is 0.706. The van der Waals surface area contributed by atoms with Gasteiger partial charge in [0.25, 0.3) is 0 Å². The first-order valence-electron chi connectivity index (χ1n) is 6.45. The fourth-order valence-corrected chi connectivity index (χ4v) is 2.17. The Morgan fingerprint density at radius 3 is 2.95 bits per heavy atom. The minimum absolute atomic E-state index is 0.706. The maximum Gasteiger partial charge on any atom is 0.137 e. The number of nitrogens with two attached hydrogens (primary N) is 1. The highest BCUT2D eigenvalue weighted by Crippen LogP contribution is 2.21. The Hall–Kier alpha value is -2.63. The SMILES string of the molecule is Cn1nccc1CCNc1ncnc2cc(N)ccc12. The summed E-state index contributed by atoms with van der Waals surface area (Å²) in [7, 11) is 1.94. The molecule has 2 aromatic heterocycles. The third-order valence-corrected chi connectivity index (χ3v) is 3.26. The van der Waals surface area contributed by atoms with Crippen LogP contribution in [-0.2, 0) is 13.5 Å². The molecule has 0 saturated carbocycles. The van der Waals surface area contributed by atoms with Crippen molar-refractivity contribution >= 4 is 22.4 Å². The van der Waals surface area contributed by atoms with Crippen molar-refractivity contribution in [1.29, 1.82) is 0 Å². The first-order valence-corrected chi connectivity index (χ1v) is 6.45. The van der Waals surface area contributed by atoms with Crippen LogP contribution >= 0.6 is 0 Å². The highest BCUT2D eigenvalue weighted by Gasteiger charge is 2.04. The molecule has 2 heterocycles. The molecule has 6 heteroatoms. The van der Waals surface area contributed by atoms with E-state index in [1.807, 2.05) is 36.0 Å². The molecule has 0 unspecified atom stereocenters. The zero-order chi connectivity index (χ0) is 13.9. The van der Waals surface area contributed by atoms with Crippen LogP contribution < -0.4 is 11.1 Å². The number of rotatable bonds is 4. The summed E-state index contributed by atoms with van der Waals surface area (Å²) in [5.41, 5.74) is 8.50. The molecule has 3 N–H and O–H groups in total. The maximum absolute atomic E-state index is 5.76. The van der Waals surface area contributed by atoms with Gasteiger partial charge in [-0.05, 0) is 24.3 Å². The smallest absolute Gasteiger partial charge is 0.137 e. The molecule has 0 radical (unpaired) electrons. The van der Waals surface area contributed by atoms with Gasteiger partial charge in [0, 0.05) is 43.0 Å². The van der Waals surface area contributed by atoms with Gasteiger partial charge < -0.3 is 11.1 Å². The largest absolute Gasteiger partial charge is 0.399 e. The summed E-state index contributed by atoms with van der Waals surface area (Å²) in [4.78, 5) is 8.52. The van der Waals surface area contributed by atoms with Crippen molar-refractivity contribution in [3.05, 3.63) is 42.5 Å². The monoisotopic (exact) mass is 268 g/mol. The van der Waals surface area contributed by atoms with Crippen LogP contribution in [0.4, 0.5) is 11.5 Å². The van der Waals surface area contributed by atoms with E-state index in [1.54, 1.807) is 12.5 Å². The Morgan fingerprint density at radius 2 is 2.15 bits per heavy atom. The van der Waals surface area contributed by atoms with Gasteiger partial charge in [0.05, 0.1) is 5.52 Å². The number of fused-ring (bicyclic) bond motifs is 1. The second-order valence-corrected chi connectivity index (χ2v) is 4.62. The second-order valence-electron chi connectivity index (χ2n) is 4.62. The van der Waals surface area contributed by atoms with Gasteiger partial charge in [-0.15, -0.1) is 0 Å². The second kappa shape index (κ2) is 5.16. The topological polar surface area (TPSA) is 81.7 Å². The highest BCUT2D eigenvalue weighted by atomic mass is 15.3. The van der Waals surface area contributed by atoms with E-state index in [-0.39, 0.29) is 0 Å². The summed E-state index contributed by atoms with van der Waals surface area (Å²) in [5.74, 6) is 0.831. The van der Waals surface area contributed by atoms with Gasteiger partial charge in [0.15, 0.2) is 0 Å². The number of nitrogen functional groups attached to an aromatic ring is 1. The Balaban J connectivity index is 1.76. The van der Waals surface area contributed by atoms with E-state index >= 15 is 0 Å². The van der Waals surface area contributed by atoms with Gasteiger partial charge in [0.2, 0.25) is 0 Å². The fourth-order valence-electron chi connectivity index (χ4n) is 2.17. The maximum atomic E-state index is 5.76. The summed E-state index contributed by atoms with van der Waals surface area (Å²) in [6.45, 7) is 0.788. The van der Waals surface area contributed by atoms with E-state index in [0.717, 1.165) is 29.7 Å². The molecule has 0 spiro atoms. The predicted octanol–water partition coefficient (Wildman–Crippen LogP) is 1.60. The number of nitrogens with one attached hydrogen (secondary N) is 1. The normalized spacial score (nSPS) is 10.8. The zero-order valence-electron chi connectivity index (χ0n) is 11.2. The van der Waals surface area contributed by atoms with Gasteiger partial charge in [0.1, 0.15) is 12.1 Å². The van der Waals surface area contributed by atoms with Crippen molar-refractivity contribution < 1.29 is 0 Å². The van der Waals surface area contributed by atoms with Crippen molar-refractivity contribution in [2.75, 3.05) is 17.6 Å². The average molecular weight is 268 g/mol. The molecule has 20 heavy (non-hydrogen) atoms. The number of aryl methyl sites for hydroxylation is 1. The quantitative estimate of drug-likeness (QED) is 0.702. The molecule has 0 aliphatic heterocycles. The molecule has 3 rings (SSSR count). The number of anilines is 2. The van der Waals surface area contributed by atoms with E-state index < -0.39 is 0 Å². The van der Waals surface area contributed by atoms with E-state index in [4.69, 9.17) is 5.73 Å². The van der Waals surface area contributed by atoms with Crippen LogP contribution in [-0.4, -0.2) is 26.3 Å². The molecule has 0 atom stereocenters. The number of benzene rings is 1. The van der Waals surface area contributed by atoms with Crippen LogP contribution in [0.1, 0.15) is 5.69 Å². The molecule has 0 aliphatic carbocycles. The van der Waals surface area contributed by atoms with Crippen molar-refractivity contribution in [3.8, 4) is 0 Å². The fraction of sp³-hybridized carbons (Fsp3) is 0.214. The molecule has 1 aromatic carbocycles. The Morgan fingerprint density at radius 1 is 1.25 bits per heavy atom. The van der Waals surface area contributed by atoms with Crippen molar-refractivity contribution in [1.82, 2.24) is 19.7 Å². The summed E-state index contributed by atoms with van der Waals surface area (Å²) < 4.78 is 1.88. The van der Waals surface area contributed by atoms with Crippen LogP contribution in [0.15, 0.2) is 36.8 Å². The van der Waals surface area contributed by atoms with Crippen LogP contribution in [0.5, 0.6) is 0 Å². The summed E-state index contributed by atoms with van der Waals surface area (Å²) >= 11 is 0. The third-order valence-electron chi connectivity index (χ3n) is 3.26. The molecule has 3 aromatic rings. The third kappa shape index (κ3) is 2.40. The van der Waals surface area contributed by atoms with Gasteiger partial charge in [-0.2, -0.15) is 5.10 Å². The van der Waals surface area contributed by atoms with Crippen LogP contribution in [0, 0.1) is 0 Å². The Kier molecular flexibility index (Phi) is 3.20. The molecule has 102 valence electrons. The van der Waals surface area contributed by atoms with Gasteiger partial charge in [-0.1, -0.05) is 0 Å². The number of nitrogens with zero attached hydrogens (tertiary/aromatic N) is 4. The average Bonchev–Trinajstić information content (AvgIpc) is 2.84. The Labute approximate surface area is 116 Å². The molecule has 0 bridgehead atoms. The van der Waals surface area contributed by atoms with Crippen LogP contribution in [0.25, 0.3) is 10.9 Å². The van der Waals surface area contributed by atoms with Crippen molar-refractivity contribution in [3.63, 3.8) is 0 Å². The van der Waals surface area contributed by atoms with Gasteiger partial charge >= 0.3 is 0 Å². The summed E-state index contributed by atoms with van der Waals surface area (Å²) in [5, 5.41) is 8.47.